The van der Waals surface area contributed by atoms with Crippen molar-refractivity contribution in [2.45, 2.75) is 67.8 Å². The lowest BCUT2D eigenvalue weighted by Gasteiger charge is -2.56. The van der Waals surface area contributed by atoms with Crippen LogP contribution in [0.5, 0.6) is 11.5 Å². The van der Waals surface area contributed by atoms with Gasteiger partial charge in [0.1, 0.15) is 22.4 Å². The molecular formula is C30H37N3O6S. The summed E-state index contributed by atoms with van der Waals surface area (Å²) in [6.45, 7) is 0.226. The number of benzene rings is 2. The number of carbonyl (C=O) groups excluding carboxylic acids is 2. The van der Waals surface area contributed by atoms with Crippen molar-refractivity contribution in [2.24, 2.45) is 17.8 Å². The van der Waals surface area contributed by atoms with Crippen LogP contribution >= 0.6 is 0 Å². The molecule has 4 saturated carbocycles. The molecule has 4 bridgehead atoms. The molecule has 40 heavy (non-hydrogen) atoms. The van der Waals surface area contributed by atoms with Crippen molar-refractivity contribution in [3.8, 4) is 11.5 Å². The number of nitrogens with one attached hydrogen (secondary N) is 2. The van der Waals surface area contributed by atoms with Crippen LogP contribution in [-0.2, 0) is 14.8 Å². The zero-order valence-electron chi connectivity index (χ0n) is 23.0. The number of ether oxygens (including phenoxy) is 2. The Bertz CT molecular complexity index is 1370. The Morgan fingerprint density at radius 2 is 1.57 bits per heavy atom. The van der Waals surface area contributed by atoms with Crippen molar-refractivity contribution in [1.82, 2.24) is 9.62 Å². The van der Waals surface area contributed by atoms with Gasteiger partial charge in [0.05, 0.1) is 14.2 Å². The van der Waals surface area contributed by atoms with E-state index in [4.69, 9.17) is 9.47 Å². The van der Waals surface area contributed by atoms with Gasteiger partial charge < -0.3 is 20.1 Å². The third-order valence-electron chi connectivity index (χ3n) is 9.30. The van der Waals surface area contributed by atoms with Crippen LogP contribution in [0, 0.1) is 17.8 Å². The Kier molecular flexibility index (Phi) is 7.02. The molecule has 5 fully saturated rings. The van der Waals surface area contributed by atoms with Gasteiger partial charge in [-0.1, -0.05) is 0 Å². The largest absolute Gasteiger partial charge is 0.497 e. The molecule has 0 aromatic heterocycles. The van der Waals surface area contributed by atoms with Gasteiger partial charge in [-0.2, -0.15) is 4.31 Å². The number of hydrogen-bond donors (Lipinski definition) is 2. The molecule has 0 spiro atoms. The molecule has 10 heteroatoms. The van der Waals surface area contributed by atoms with E-state index in [9.17, 15) is 18.0 Å². The number of nitrogens with zero attached hydrogens (tertiary/aromatic N) is 1. The van der Waals surface area contributed by atoms with Gasteiger partial charge in [-0.15, -0.1) is 0 Å². The SMILES string of the molecule is COc1ccc(OC)c(S(=O)(=O)N2CCC[C@H]2C(=O)Nc2ccc(C(=O)NC34CC5CC(CC(C5)C3)C4)cc2)c1. The number of anilines is 1. The second kappa shape index (κ2) is 10.4. The van der Waals surface area contributed by atoms with Crippen molar-refractivity contribution < 1.29 is 27.5 Å². The maximum absolute atomic E-state index is 13.6. The first kappa shape index (κ1) is 27.1. The van der Waals surface area contributed by atoms with E-state index in [-0.39, 0.29) is 28.6 Å². The van der Waals surface area contributed by atoms with Gasteiger partial charge in [-0.25, -0.2) is 8.42 Å². The summed E-state index contributed by atoms with van der Waals surface area (Å²) in [6, 6.07) is 10.5. The fraction of sp³-hybridized carbons (Fsp3) is 0.533. The number of methoxy groups -OCH3 is 2. The van der Waals surface area contributed by atoms with E-state index >= 15 is 0 Å². The van der Waals surface area contributed by atoms with E-state index in [0.29, 0.717) is 29.8 Å². The first-order valence-electron chi connectivity index (χ1n) is 14.2. The molecule has 0 unspecified atom stereocenters. The zero-order chi connectivity index (χ0) is 28.1. The Balaban J connectivity index is 1.12. The van der Waals surface area contributed by atoms with Gasteiger partial charge in [0.2, 0.25) is 15.9 Å². The molecule has 1 saturated heterocycles. The summed E-state index contributed by atoms with van der Waals surface area (Å²) < 4.78 is 38.9. The van der Waals surface area contributed by atoms with E-state index in [2.05, 4.69) is 10.6 Å². The number of amides is 2. The highest BCUT2D eigenvalue weighted by molar-refractivity contribution is 7.89. The highest BCUT2D eigenvalue weighted by Gasteiger charge is 2.51. The van der Waals surface area contributed by atoms with E-state index in [1.165, 1.54) is 49.9 Å². The molecule has 2 N–H and O–H groups in total. The molecule has 2 aromatic rings. The Morgan fingerprint density at radius 1 is 0.925 bits per heavy atom. The Hall–Kier alpha value is -3.11. The lowest BCUT2D eigenvalue weighted by Crippen LogP contribution is -2.59. The predicted molar refractivity (Wildman–Crippen MR) is 150 cm³/mol. The van der Waals surface area contributed by atoms with Crippen molar-refractivity contribution in [1.29, 1.82) is 0 Å². The molecule has 2 aromatic carbocycles. The van der Waals surface area contributed by atoms with Crippen LogP contribution in [0.25, 0.3) is 0 Å². The Morgan fingerprint density at radius 3 is 2.17 bits per heavy atom. The highest BCUT2D eigenvalue weighted by Crippen LogP contribution is 2.55. The zero-order valence-corrected chi connectivity index (χ0v) is 23.8. The van der Waals surface area contributed by atoms with Crippen molar-refractivity contribution in [3.05, 3.63) is 48.0 Å². The fourth-order valence-electron chi connectivity index (χ4n) is 7.91. The van der Waals surface area contributed by atoms with Crippen molar-refractivity contribution in [3.63, 3.8) is 0 Å². The van der Waals surface area contributed by atoms with Crippen LogP contribution in [-0.4, -0.2) is 56.9 Å². The topological polar surface area (TPSA) is 114 Å². The quantitative estimate of drug-likeness (QED) is 0.495. The summed E-state index contributed by atoms with van der Waals surface area (Å²) in [5, 5.41) is 6.23. The average Bonchev–Trinajstić information content (AvgIpc) is 3.43. The summed E-state index contributed by atoms with van der Waals surface area (Å²) in [7, 11) is -1.16. The molecule has 4 aliphatic carbocycles. The number of rotatable bonds is 8. The van der Waals surface area contributed by atoms with Gasteiger partial charge >= 0.3 is 0 Å². The monoisotopic (exact) mass is 567 g/mol. The second-order valence-corrected chi connectivity index (χ2v) is 13.9. The lowest BCUT2D eigenvalue weighted by atomic mass is 9.53. The number of sulfonamides is 1. The predicted octanol–water partition coefficient (Wildman–Crippen LogP) is 4.19. The lowest BCUT2D eigenvalue weighted by molar-refractivity contribution is -0.119. The van der Waals surface area contributed by atoms with E-state index in [1.807, 2.05) is 0 Å². The third-order valence-corrected chi connectivity index (χ3v) is 11.2. The van der Waals surface area contributed by atoms with Crippen LogP contribution in [0.2, 0.25) is 0 Å². The number of carbonyl (C=O) groups is 2. The summed E-state index contributed by atoms with van der Waals surface area (Å²) in [6.07, 6.45) is 8.17. The Labute approximate surface area is 235 Å². The third kappa shape index (κ3) is 4.96. The van der Waals surface area contributed by atoms with Crippen LogP contribution in [0.1, 0.15) is 61.7 Å². The average molecular weight is 568 g/mol. The summed E-state index contributed by atoms with van der Waals surface area (Å²) in [4.78, 5) is 26.4. The first-order valence-corrected chi connectivity index (χ1v) is 15.6. The summed E-state index contributed by atoms with van der Waals surface area (Å²) in [5.74, 6) is 2.32. The minimum absolute atomic E-state index is 0.0385. The van der Waals surface area contributed by atoms with E-state index in [1.54, 1.807) is 30.3 Å². The van der Waals surface area contributed by atoms with Crippen LogP contribution in [0.4, 0.5) is 5.69 Å². The molecule has 0 radical (unpaired) electrons. The van der Waals surface area contributed by atoms with Gasteiger partial charge in [-0.3, -0.25) is 9.59 Å². The molecule has 5 aliphatic rings. The van der Waals surface area contributed by atoms with Crippen molar-refractivity contribution >= 4 is 27.5 Å². The van der Waals surface area contributed by atoms with Crippen LogP contribution < -0.4 is 20.1 Å². The minimum Gasteiger partial charge on any atom is -0.497 e. The normalized spacial score (nSPS) is 29.2. The van der Waals surface area contributed by atoms with Gasteiger partial charge in [0.15, 0.2) is 0 Å². The molecular weight excluding hydrogens is 530 g/mol. The first-order chi connectivity index (χ1) is 19.2. The van der Waals surface area contributed by atoms with Gasteiger partial charge in [-0.05, 0) is 106 Å². The van der Waals surface area contributed by atoms with E-state index < -0.39 is 22.0 Å². The van der Waals surface area contributed by atoms with Crippen LogP contribution in [0.3, 0.4) is 0 Å². The summed E-state index contributed by atoms with van der Waals surface area (Å²) in [5.41, 5.74) is 1.00. The second-order valence-electron chi connectivity index (χ2n) is 12.0. The molecule has 214 valence electrons. The highest BCUT2D eigenvalue weighted by atomic mass is 32.2. The molecule has 7 rings (SSSR count). The van der Waals surface area contributed by atoms with Crippen molar-refractivity contribution in [2.75, 3.05) is 26.1 Å². The molecule has 1 aliphatic heterocycles. The molecule has 1 atom stereocenters. The molecule has 1 heterocycles. The van der Waals surface area contributed by atoms with Gasteiger partial charge in [0, 0.05) is 29.4 Å². The summed E-state index contributed by atoms with van der Waals surface area (Å²) >= 11 is 0. The van der Waals surface area contributed by atoms with E-state index in [0.717, 1.165) is 37.0 Å². The maximum atomic E-state index is 13.6. The smallest absolute Gasteiger partial charge is 0.251 e. The van der Waals surface area contributed by atoms with Crippen LogP contribution in [0.15, 0.2) is 47.4 Å². The number of hydrogen-bond acceptors (Lipinski definition) is 6. The molecule has 9 nitrogen and oxygen atoms in total. The fourth-order valence-corrected chi connectivity index (χ4v) is 9.74. The van der Waals surface area contributed by atoms with Gasteiger partial charge in [0.25, 0.3) is 5.91 Å². The minimum atomic E-state index is -4.03. The maximum Gasteiger partial charge on any atom is 0.251 e. The molecule has 2 amide bonds. The standard InChI is InChI=1S/C30H37N3O6S/c1-38-24-9-10-26(39-2)27(15-24)40(36,37)33-11-3-4-25(33)29(35)31-23-7-5-22(6-8-23)28(34)32-30-16-19-12-20(17-30)14-21(13-19)18-30/h5-10,15,19-21,25H,3-4,11-14,16-18H2,1-2H3,(H,31,35)(H,32,34)/t19?,20?,21?,25-,30?/m0/s1.